The predicted octanol–water partition coefficient (Wildman–Crippen LogP) is 0.365. The van der Waals surface area contributed by atoms with Crippen LogP contribution in [0.4, 0.5) is 0 Å². The lowest BCUT2D eigenvalue weighted by molar-refractivity contribution is -0.141. The van der Waals surface area contributed by atoms with E-state index >= 15 is 0 Å². The minimum Gasteiger partial charge on any atom is -0.490 e. The van der Waals surface area contributed by atoms with Gasteiger partial charge in [0, 0.05) is 0 Å². The molecule has 0 aromatic carbocycles. The lowest BCUT2D eigenvalue weighted by Gasteiger charge is -2.05. The van der Waals surface area contributed by atoms with Crippen LogP contribution in [-0.4, -0.2) is 29.9 Å². The Morgan fingerprint density at radius 3 is 3.07 bits per heavy atom. The summed E-state index contributed by atoms with van der Waals surface area (Å²) in [6, 6.07) is 0. The lowest BCUT2D eigenvalue weighted by atomic mass is 10.4. The SMILES string of the molecule is COC(=O)CCOc1cn[nH]c(=O)c1Cl. The number of carbonyl (C=O) groups is 1. The van der Waals surface area contributed by atoms with Crippen LogP contribution in [0.25, 0.3) is 0 Å². The van der Waals surface area contributed by atoms with Gasteiger partial charge in [0.05, 0.1) is 26.3 Å². The first-order valence-corrected chi connectivity index (χ1v) is 4.45. The number of carbonyl (C=O) groups excluding carboxylic acids is 1. The van der Waals surface area contributed by atoms with Crippen molar-refractivity contribution >= 4 is 17.6 Å². The van der Waals surface area contributed by atoms with Crippen LogP contribution in [0.1, 0.15) is 6.42 Å². The third-order valence-electron chi connectivity index (χ3n) is 1.56. The summed E-state index contributed by atoms with van der Waals surface area (Å²) < 4.78 is 9.48. The van der Waals surface area contributed by atoms with Crippen LogP contribution in [0, 0.1) is 0 Å². The molecule has 0 aliphatic rings. The molecular weight excluding hydrogens is 224 g/mol. The number of nitrogens with one attached hydrogen (secondary N) is 1. The Hall–Kier alpha value is -1.56. The van der Waals surface area contributed by atoms with Crippen molar-refractivity contribution in [2.75, 3.05) is 13.7 Å². The lowest BCUT2D eigenvalue weighted by Crippen LogP contribution is -2.12. The smallest absolute Gasteiger partial charge is 0.308 e. The number of halogens is 1. The molecule has 0 spiro atoms. The first-order chi connectivity index (χ1) is 7.15. The van der Waals surface area contributed by atoms with Crippen molar-refractivity contribution in [1.82, 2.24) is 10.2 Å². The quantitative estimate of drug-likeness (QED) is 0.759. The number of esters is 1. The maximum absolute atomic E-state index is 11.0. The van der Waals surface area contributed by atoms with E-state index in [1.54, 1.807) is 0 Å². The molecule has 0 fully saturated rings. The Bertz CT molecular complexity index is 404. The second-order valence-electron chi connectivity index (χ2n) is 2.55. The van der Waals surface area contributed by atoms with Crippen molar-refractivity contribution in [2.45, 2.75) is 6.42 Å². The first kappa shape index (κ1) is 11.5. The standard InChI is InChI=1S/C8H9ClN2O4/c1-14-6(12)2-3-15-5-4-10-11-8(13)7(5)9/h4H,2-3H2,1H3,(H,11,13). The van der Waals surface area contributed by atoms with E-state index in [0.29, 0.717) is 0 Å². The predicted molar refractivity (Wildman–Crippen MR) is 52.0 cm³/mol. The molecule has 1 aromatic rings. The molecule has 1 heterocycles. The van der Waals surface area contributed by atoms with Crippen LogP contribution in [0.15, 0.2) is 11.0 Å². The number of ether oxygens (including phenoxy) is 2. The Morgan fingerprint density at radius 2 is 2.40 bits per heavy atom. The van der Waals surface area contributed by atoms with E-state index in [1.165, 1.54) is 13.3 Å². The molecule has 0 unspecified atom stereocenters. The molecule has 0 amide bonds. The maximum Gasteiger partial charge on any atom is 0.308 e. The zero-order valence-corrected chi connectivity index (χ0v) is 8.71. The average Bonchev–Trinajstić information content (AvgIpc) is 2.24. The Labute approximate surface area is 90.2 Å². The second-order valence-corrected chi connectivity index (χ2v) is 2.93. The third kappa shape index (κ3) is 3.25. The van der Waals surface area contributed by atoms with E-state index in [9.17, 15) is 9.59 Å². The van der Waals surface area contributed by atoms with Gasteiger partial charge in [0.1, 0.15) is 0 Å². The Morgan fingerprint density at radius 1 is 1.67 bits per heavy atom. The zero-order chi connectivity index (χ0) is 11.3. The second kappa shape index (κ2) is 5.35. The highest BCUT2D eigenvalue weighted by molar-refractivity contribution is 6.31. The highest BCUT2D eigenvalue weighted by Crippen LogP contribution is 2.17. The van der Waals surface area contributed by atoms with Crippen molar-refractivity contribution in [2.24, 2.45) is 0 Å². The highest BCUT2D eigenvalue weighted by atomic mass is 35.5. The van der Waals surface area contributed by atoms with E-state index in [-0.39, 0.29) is 23.8 Å². The van der Waals surface area contributed by atoms with Crippen molar-refractivity contribution in [3.63, 3.8) is 0 Å². The van der Waals surface area contributed by atoms with Crippen LogP contribution >= 0.6 is 11.6 Å². The Kier molecular flexibility index (Phi) is 4.11. The summed E-state index contributed by atoms with van der Waals surface area (Å²) in [7, 11) is 1.28. The first-order valence-electron chi connectivity index (χ1n) is 4.08. The topological polar surface area (TPSA) is 81.3 Å². The monoisotopic (exact) mass is 232 g/mol. The van der Waals surface area contributed by atoms with E-state index in [2.05, 4.69) is 14.9 Å². The van der Waals surface area contributed by atoms with Gasteiger partial charge in [-0.25, -0.2) is 5.10 Å². The number of nitrogens with zero attached hydrogens (tertiary/aromatic N) is 1. The van der Waals surface area contributed by atoms with Gasteiger partial charge in [-0.2, -0.15) is 5.10 Å². The summed E-state index contributed by atoms with van der Waals surface area (Å²) in [6.07, 6.45) is 1.35. The van der Waals surface area contributed by atoms with E-state index < -0.39 is 11.5 Å². The summed E-state index contributed by atoms with van der Waals surface area (Å²) in [6.45, 7) is 0.0809. The summed E-state index contributed by atoms with van der Waals surface area (Å²) in [5, 5.41) is 5.55. The van der Waals surface area contributed by atoms with Gasteiger partial charge in [-0.3, -0.25) is 9.59 Å². The van der Waals surface area contributed by atoms with Crippen LogP contribution in [0.3, 0.4) is 0 Å². The van der Waals surface area contributed by atoms with Crippen LogP contribution in [0.2, 0.25) is 5.02 Å². The fourth-order valence-corrected chi connectivity index (χ4v) is 0.960. The molecule has 0 saturated carbocycles. The zero-order valence-electron chi connectivity index (χ0n) is 7.95. The van der Waals surface area contributed by atoms with Crippen molar-refractivity contribution in [1.29, 1.82) is 0 Å². The van der Waals surface area contributed by atoms with Crippen molar-refractivity contribution in [3.05, 3.63) is 21.6 Å². The van der Waals surface area contributed by atoms with Crippen LogP contribution in [-0.2, 0) is 9.53 Å². The highest BCUT2D eigenvalue weighted by Gasteiger charge is 2.07. The molecule has 0 radical (unpaired) electrons. The summed E-state index contributed by atoms with van der Waals surface area (Å²) in [4.78, 5) is 21.7. The number of hydrogen-bond acceptors (Lipinski definition) is 5. The molecule has 1 aromatic heterocycles. The number of methoxy groups -OCH3 is 1. The van der Waals surface area contributed by atoms with Gasteiger partial charge in [-0.05, 0) is 0 Å². The van der Waals surface area contributed by atoms with Crippen LogP contribution < -0.4 is 10.3 Å². The van der Waals surface area contributed by atoms with Crippen LogP contribution in [0.5, 0.6) is 5.75 Å². The normalized spacial score (nSPS) is 9.73. The van der Waals surface area contributed by atoms with Gasteiger partial charge < -0.3 is 9.47 Å². The number of H-pyrrole nitrogens is 1. The van der Waals surface area contributed by atoms with Gasteiger partial charge in [-0.1, -0.05) is 11.6 Å². The molecule has 0 aliphatic heterocycles. The fraction of sp³-hybridized carbons (Fsp3) is 0.375. The van der Waals surface area contributed by atoms with Gasteiger partial charge in [0.15, 0.2) is 10.8 Å². The molecule has 0 aliphatic carbocycles. The third-order valence-corrected chi connectivity index (χ3v) is 1.91. The molecule has 0 bridgehead atoms. The van der Waals surface area contributed by atoms with Crippen molar-refractivity contribution in [3.8, 4) is 5.75 Å². The van der Waals surface area contributed by atoms with Gasteiger partial charge >= 0.3 is 5.97 Å². The number of rotatable bonds is 4. The Balaban J connectivity index is 2.55. The minimum atomic E-state index is -0.535. The fourth-order valence-electron chi connectivity index (χ4n) is 0.814. The van der Waals surface area contributed by atoms with Gasteiger partial charge in [0.2, 0.25) is 0 Å². The molecule has 0 atom stereocenters. The molecule has 1 N–H and O–H groups in total. The average molecular weight is 233 g/mol. The summed E-state index contributed by atoms with van der Waals surface area (Å²) in [5.41, 5.74) is -0.535. The molecule has 7 heteroatoms. The molecule has 1 rings (SSSR count). The van der Waals surface area contributed by atoms with E-state index in [4.69, 9.17) is 16.3 Å². The largest absolute Gasteiger partial charge is 0.490 e. The minimum absolute atomic E-state index is 0.0809. The van der Waals surface area contributed by atoms with Gasteiger partial charge in [-0.15, -0.1) is 0 Å². The maximum atomic E-state index is 11.0. The molecular formula is C8H9ClN2O4. The van der Waals surface area contributed by atoms with E-state index in [0.717, 1.165) is 0 Å². The van der Waals surface area contributed by atoms with Gasteiger partial charge in [0.25, 0.3) is 5.56 Å². The summed E-state index contributed by atoms with van der Waals surface area (Å²) in [5.74, 6) is -0.256. The van der Waals surface area contributed by atoms with Crippen molar-refractivity contribution < 1.29 is 14.3 Å². The van der Waals surface area contributed by atoms with E-state index in [1.807, 2.05) is 0 Å². The molecule has 15 heavy (non-hydrogen) atoms. The molecule has 6 nitrogen and oxygen atoms in total. The number of hydrogen-bond donors (Lipinski definition) is 1. The summed E-state index contributed by atoms with van der Waals surface area (Å²) >= 11 is 5.62. The number of aromatic amines is 1. The number of aromatic nitrogens is 2. The molecule has 0 saturated heterocycles. The molecule has 82 valence electrons.